The first-order valence-electron chi connectivity index (χ1n) is 16.2. The molecule has 0 radical (unpaired) electrons. The molecule has 6 aliphatic rings. The van der Waals surface area contributed by atoms with Gasteiger partial charge in [-0.05, 0) is 100 Å². The molecule has 0 aromatic heterocycles. The van der Waals surface area contributed by atoms with Crippen molar-refractivity contribution in [3.63, 3.8) is 0 Å². The molecule has 0 aromatic carbocycles. The van der Waals surface area contributed by atoms with E-state index in [9.17, 15) is 9.59 Å². The summed E-state index contributed by atoms with van der Waals surface area (Å²) < 4.78 is 7.15. The second kappa shape index (κ2) is 11.2. The number of amides is 1. The summed E-state index contributed by atoms with van der Waals surface area (Å²) in [7, 11) is 0. The van der Waals surface area contributed by atoms with Crippen LogP contribution in [0.5, 0.6) is 0 Å². The van der Waals surface area contributed by atoms with Crippen LogP contribution in [0.1, 0.15) is 97.8 Å². The summed E-state index contributed by atoms with van der Waals surface area (Å²) in [5, 5.41) is 17.1. The van der Waals surface area contributed by atoms with Crippen LogP contribution in [-0.2, 0) is 14.3 Å². The summed E-state index contributed by atoms with van der Waals surface area (Å²) in [6.07, 6.45) is 12.3. The van der Waals surface area contributed by atoms with Crippen LogP contribution in [0.4, 0.5) is 0 Å². The minimum atomic E-state index is -0.221. The Morgan fingerprint density at radius 3 is 2.85 bits per heavy atom. The third-order valence-corrected chi connectivity index (χ3v) is 12.6. The number of nitrogens with two attached hydrogens (primary N) is 1. The van der Waals surface area contributed by atoms with Gasteiger partial charge in [-0.25, -0.2) is 0 Å². The molecule has 9 unspecified atom stereocenters. The van der Waals surface area contributed by atoms with Gasteiger partial charge in [0, 0.05) is 37.9 Å². The number of piperidine rings is 1. The predicted octanol–water partition coefficient (Wildman–Crippen LogP) is 4.96. The average molecular weight is 567 g/mol. The van der Waals surface area contributed by atoms with Crippen LogP contribution in [0.2, 0.25) is 0 Å². The molecule has 3 saturated carbocycles. The summed E-state index contributed by atoms with van der Waals surface area (Å²) >= 11 is 0. The van der Waals surface area contributed by atoms with Crippen molar-refractivity contribution < 1.29 is 14.3 Å². The molecule has 0 bridgehead atoms. The van der Waals surface area contributed by atoms with Crippen LogP contribution in [0.3, 0.4) is 0 Å². The number of carbonyl (C=O) groups excluding carboxylic acids is 2. The smallest absolute Gasteiger partial charge is 0.227 e. The van der Waals surface area contributed by atoms with Gasteiger partial charge >= 0.3 is 0 Å². The van der Waals surface area contributed by atoms with Crippen LogP contribution in [-0.4, -0.2) is 59.8 Å². The quantitative estimate of drug-likeness (QED) is 0.108. The number of ether oxygens (including phenoxy) is 1. The Labute approximate surface area is 245 Å². The van der Waals surface area contributed by atoms with Gasteiger partial charge in [-0.1, -0.05) is 30.2 Å². The van der Waals surface area contributed by atoms with Gasteiger partial charge in [-0.15, -0.1) is 5.11 Å². The van der Waals surface area contributed by atoms with E-state index >= 15 is 0 Å². The lowest BCUT2D eigenvalue weighted by atomic mass is 9.52. The Morgan fingerprint density at radius 1 is 1.22 bits per heavy atom. The number of fused-ring (bicyclic) bond motifs is 6. The third-order valence-electron chi connectivity index (χ3n) is 12.6. The van der Waals surface area contributed by atoms with Crippen LogP contribution >= 0.6 is 0 Å². The molecule has 2 saturated heterocycles. The fourth-order valence-corrected chi connectivity index (χ4v) is 10.6. The van der Waals surface area contributed by atoms with E-state index in [2.05, 4.69) is 41.3 Å². The van der Waals surface area contributed by atoms with Gasteiger partial charge in [0.15, 0.2) is 5.84 Å². The molecule has 1 amide bonds. The summed E-state index contributed by atoms with van der Waals surface area (Å²) in [5.74, 6) is 8.37. The molecule has 2 aliphatic heterocycles. The van der Waals surface area contributed by atoms with Gasteiger partial charge in [-0.2, -0.15) is 0 Å². The Hall–Kier alpha value is -2.13. The number of ketones is 1. The maximum Gasteiger partial charge on any atom is 0.227 e. The standard InChI is InChI=1S/C32H50N6O3/c1-19-18-32(11-9-23-24-7-6-21-15-22(39)8-10-31(21,3)26(24)16-25(19)23)20(2)30-27(41-32)5-4-13-38(30)14-12-35-29(40)17-28(33)36-37-34/h20-21,23-24,26-27,30H,4-18H2,1-3H3,(H,35,40)(H3,33,34,36). The van der Waals surface area contributed by atoms with Gasteiger partial charge in [0.25, 0.3) is 0 Å². The van der Waals surface area contributed by atoms with Crippen molar-refractivity contribution in [1.29, 1.82) is 5.41 Å². The van der Waals surface area contributed by atoms with Gasteiger partial charge in [0.2, 0.25) is 5.91 Å². The second-order valence-corrected chi connectivity index (χ2v) is 14.5. The Morgan fingerprint density at radius 2 is 2.05 bits per heavy atom. The lowest BCUT2D eigenvalue weighted by molar-refractivity contribution is -0.129. The molecule has 2 heterocycles. The molecule has 1 spiro atoms. The van der Waals surface area contributed by atoms with Crippen molar-refractivity contribution in [1.82, 2.24) is 10.2 Å². The molecule has 4 N–H and O–H groups in total. The highest BCUT2D eigenvalue weighted by Crippen LogP contribution is 2.65. The number of Topliss-reactive ketones (excluding diaryl/α,β-unsaturated/α-hetero) is 1. The van der Waals surface area contributed by atoms with E-state index in [1.165, 1.54) is 25.7 Å². The van der Waals surface area contributed by atoms with E-state index in [-0.39, 0.29) is 29.9 Å². The molecular weight excluding hydrogens is 516 g/mol. The summed E-state index contributed by atoms with van der Waals surface area (Å²) in [4.78, 5) is 27.1. The zero-order chi connectivity index (χ0) is 28.9. The molecule has 4 aliphatic carbocycles. The highest BCUT2D eigenvalue weighted by Gasteiger charge is 2.59. The Balaban J connectivity index is 1.13. The number of hydrogen-bond donors (Lipinski definition) is 3. The molecule has 9 heteroatoms. The lowest BCUT2D eigenvalue weighted by Crippen LogP contribution is -2.51. The van der Waals surface area contributed by atoms with Crippen molar-refractivity contribution in [2.45, 2.75) is 116 Å². The number of hydrogen-bond acceptors (Lipinski definition) is 6. The number of nitrogens with zero attached hydrogens (tertiary/aromatic N) is 3. The normalized spacial score (nSPS) is 42.5. The van der Waals surface area contributed by atoms with Crippen molar-refractivity contribution in [2.75, 3.05) is 19.6 Å². The maximum atomic E-state index is 12.3. The first-order chi connectivity index (χ1) is 19.6. The average Bonchev–Trinajstić information content (AvgIpc) is 3.40. The molecule has 41 heavy (non-hydrogen) atoms. The van der Waals surface area contributed by atoms with Gasteiger partial charge in [-0.3, -0.25) is 19.9 Å². The monoisotopic (exact) mass is 566 g/mol. The van der Waals surface area contributed by atoms with Crippen LogP contribution in [0.25, 0.3) is 0 Å². The lowest BCUT2D eigenvalue weighted by Gasteiger charge is -2.52. The minimum Gasteiger partial charge on any atom is -0.369 e. The van der Waals surface area contributed by atoms with Gasteiger partial charge in [0.1, 0.15) is 5.78 Å². The fraction of sp³-hybridized carbons (Fsp3) is 0.844. The number of rotatable bonds is 5. The predicted molar refractivity (Wildman–Crippen MR) is 157 cm³/mol. The largest absolute Gasteiger partial charge is 0.369 e. The number of amidine groups is 1. The first-order valence-corrected chi connectivity index (χ1v) is 16.2. The Kier molecular flexibility index (Phi) is 7.90. The van der Waals surface area contributed by atoms with E-state index in [0.717, 1.165) is 69.9 Å². The molecule has 5 fully saturated rings. The van der Waals surface area contributed by atoms with Crippen LogP contribution in [0.15, 0.2) is 21.5 Å². The number of allylic oxidation sites excluding steroid dienone is 1. The van der Waals surface area contributed by atoms with Crippen molar-refractivity contribution in [2.24, 2.45) is 51.2 Å². The van der Waals surface area contributed by atoms with Gasteiger partial charge < -0.3 is 15.9 Å². The Bertz CT molecular complexity index is 1140. The molecule has 9 nitrogen and oxygen atoms in total. The number of carbonyl (C=O) groups is 2. The number of nitrogens with one attached hydrogen (secondary N) is 2. The van der Waals surface area contributed by atoms with E-state index in [1.807, 2.05) is 0 Å². The molecule has 226 valence electrons. The molecular formula is C32H50N6O3. The summed E-state index contributed by atoms with van der Waals surface area (Å²) in [6, 6.07) is 0.377. The first kappa shape index (κ1) is 29.0. The maximum absolute atomic E-state index is 12.3. The van der Waals surface area contributed by atoms with Crippen molar-refractivity contribution in [3.05, 3.63) is 11.1 Å². The fourth-order valence-electron chi connectivity index (χ4n) is 10.6. The second-order valence-electron chi connectivity index (χ2n) is 14.5. The van der Waals surface area contributed by atoms with E-state index < -0.39 is 0 Å². The molecule has 0 aromatic rings. The van der Waals surface area contributed by atoms with E-state index in [1.54, 1.807) is 11.1 Å². The summed E-state index contributed by atoms with van der Waals surface area (Å²) in [5.41, 5.74) is 3.58. The highest BCUT2D eigenvalue weighted by atomic mass is 16.5. The van der Waals surface area contributed by atoms with Crippen molar-refractivity contribution in [3.8, 4) is 0 Å². The SMILES string of the molecule is CC1=C2CC3C(CCC4CC(=O)CCC43C)C2CCC2(C1)OC1CCCN(CCNC(=O)CC(=N)N=NN)C1C2C. The van der Waals surface area contributed by atoms with E-state index in [0.29, 0.717) is 41.5 Å². The summed E-state index contributed by atoms with van der Waals surface area (Å²) in [6.45, 7) is 9.74. The van der Waals surface area contributed by atoms with Crippen LogP contribution < -0.4 is 11.2 Å². The number of likely N-dealkylation sites (tertiary alicyclic amines) is 1. The molecule has 6 rings (SSSR count). The zero-order valence-electron chi connectivity index (χ0n) is 25.3. The van der Waals surface area contributed by atoms with E-state index in [4.69, 9.17) is 16.0 Å². The van der Waals surface area contributed by atoms with Crippen LogP contribution in [0, 0.1) is 40.4 Å². The topological polar surface area (TPSA) is 133 Å². The third kappa shape index (κ3) is 5.09. The molecule has 9 atom stereocenters. The van der Waals surface area contributed by atoms with Crippen molar-refractivity contribution >= 4 is 17.5 Å². The van der Waals surface area contributed by atoms with Gasteiger partial charge in [0.05, 0.1) is 18.1 Å². The minimum absolute atomic E-state index is 0.0985. The highest BCUT2D eigenvalue weighted by molar-refractivity contribution is 5.98. The zero-order valence-corrected chi connectivity index (χ0v) is 25.3.